The number of fused-ring (bicyclic) bond motifs is 1. The second-order valence-electron chi connectivity index (χ2n) is 13.1. The van der Waals surface area contributed by atoms with Crippen LogP contribution in [0.25, 0.3) is 0 Å². The van der Waals surface area contributed by atoms with Crippen LogP contribution in [-0.4, -0.2) is 110 Å². The fourth-order valence-corrected chi connectivity index (χ4v) is 9.21. The van der Waals surface area contributed by atoms with Gasteiger partial charge < -0.3 is 24.1 Å². The van der Waals surface area contributed by atoms with Crippen LogP contribution in [-0.2, 0) is 26.9 Å². The lowest BCUT2D eigenvalue weighted by Crippen LogP contribution is -2.55. The van der Waals surface area contributed by atoms with E-state index in [1.807, 2.05) is 12.1 Å². The zero-order valence-corrected chi connectivity index (χ0v) is 29.7. The number of likely N-dealkylation sites (tertiary alicyclic amines) is 1. The molecule has 14 nitrogen and oxygen atoms in total. The van der Waals surface area contributed by atoms with Gasteiger partial charge in [-0.2, -0.15) is 5.26 Å². The molecule has 2 fully saturated rings. The molecular weight excluding hydrogens is 689 g/mol. The number of methoxy groups -OCH3 is 2. The molecule has 4 heterocycles. The number of hydrogen-bond acceptors (Lipinski definition) is 13. The highest BCUT2D eigenvalue weighted by molar-refractivity contribution is 7.93. The van der Waals surface area contributed by atoms with E-state index < -0.39 is 33.6 Å². The summed E-state index contributed by atoms with van der Waals surface area (Å²) in [5, 5.41) is 30.8. The van der Waals surface area contributed by atoms with Crippen molar-refractivity contribution >= 4 is 21.6 Å². The number of anilines is 1. The third-order valence-corrected chi connectivity index (χ3v) is 11.9. The van der Waals surface area contributed by atoms with Crippen LogP contribution < -0.4 is 13.8 Å². The molecule has 0 saturated carbocycles. The Bertz CT molecular complexity index is 2080. The van der Waals surface area contributed by atoms with E-state index >= 15 is 4.79 Å². The molecule has 0 spiro atoms. The summed E-state index contributed by atoms with van der Waals surface area (Å²) in [6.07, 6.45) is 2.10. The number of aliphatic hydroxyl groups excluding tert-OH is 2. The first-order valence-corrected chi connectivity index (χ1v) is 18.4. The van der Waals surface area contributed by atoms with Gasteiger partial charge in [-0.15, -0.1) is 0 Å². The van der Waals surface area contributed by atoms with Gasteiger partial charge in [0.15, 0.2) is 5.54 Å². The SMILES string of the molecule is COc1ccc(S(=O)(=O)N2C(=O)C(c3cc(CN4CCN(CCO)CC4)ccc3OC)(N3C[C@H](O)C[C@H]3c3ncco3)c3cc(C#N)ccc32)cc1. The second-order valence-corrected chi connectivity index (χ2v) is 14.9. The number of carbonyl (C=O) groups excluding carboxylic acids is 1. The average Bonchev–Trinajstić information content (AvgIpc) is 3.89. The molecule has 1 amide bonds. The molecule has 52 heavy (non-hydrogen) atoms. The molecule has 1 unspecified atom stereocenters. The van der Waals surface area contributed by atoms with Gasteiger partial charge in [0.2, 0.25) is 5.89 Å². The van der Waals surface area contributed by atoms with E-state index in [1.165, 1.54) is 63.1 Å². The number of benzene rings is 3. The van der Waals surface area contributed by atoms with E-state index in [2.05, 4.69) is 20.9 Å². The summed E-state index contributed by atoms with van der Waals surface area (Å²) < 4.78 is 47.1. The van der Waals surface area contributed by atoms with Crippen LogP contribution in [0, 0.1) is 11.3 Å². The summed E-state index contributed by atoms with van der Waals surface area (Å²) in [5.74, 6) is 0.173. The van der Waals surface area contributed by atoms with E-state index in [0.717, 1.165) is 36.0 Å². The second kappa shape index (κ2) is 14.3. The Hall–Kier alpha value is -4.82. The van der Waals surface area contributed by atoms with Crippen LogP contribution in [0.2, 0.25) is 0 Å². The standard InChI is InChI=1S/C37H40N6O8S/c1-49-28-5-7-29(8-6-28)52(47,48)43-32-9-3-25(22-38)19-30(32)37(36(43)46,42-24-27(45)21-33(42)35-39-11-18-51-35)31-20-26(4-10-34(31)50-2)23-41-14-12-40(13-15-41)16-17-44/h3-11,18-20,27,33,44-45H,12-17,21,23-24H2,1-2H3/t27-,33+,37?/m1/s1. The zero-order valence-electron chi connectivity index (χ0n) is 28.9. The lowest BCUT2D eigenvalue weighted by Gasteiger charge is -2.41. The highest BCUT2D eigenvalue weighted by Crippen LogP contribution is 2.56. The Kier molecular flexibility index (Phi) is 9.79. The van der Waals surface area contributed by atoms with Crippen molar-refractivity contribution in [2.45, 2.75) is 35.5 Å². The van der Waals surface area contributed by atoms with Gasteiger partial charge in [-0.25, -0.2) is 17.7 Å². The van der Waals surface area contributed by atoms with Crippen LogP contribution >= 0.6 is 0 Å². The molecule has 2 N–H and O–H groups in total. The van der Waals surface area contributed by atoms with Crippen molar-refractivity contribution in [2.75, 3.05) is 64.4 Å². The van der Waals surface area contributed by atoms with E-state index in [9.17, 15) is 23.9 Å². The molecule has 7 rings (SSSR count). The van der Waals surface area contributed by atoms with Crippen LogP contribution in [0.5, 0.6) is 11.5 Å². The first-order valence-electron chi connectivity index (χ1n) is 17.0. The van der Waals surface area contributed by atoms with Crippen LogP contribution in [0.3, 0.4) is 0 Å². The molecule has 0 aliphatic carbocycles. The maximum atomic E-state index is 15.7. The number of carbonyl (C=O) groups is 1. The number of aromatic nitrogens is 1. The highest BCUT2D eigenvalue weighted by atomic mass is 32.2. The first kappa shape index (κ1) is 35.6. The van der Waals surface area contributed by atoms with E-state index in [0.29, 0.717) is 30.2 Å². The Labute approximate surface area is 302 Å². The summed E-state index contributed by atoms with van der Waals surface area (Å²) in [6.45, 7) is 4.29. The predicted molar refractivity (Wildman–Crippen MR) is 188 cm³/mol. The van der Waals surface area contributed by atoms with Crippen molar-refractivity contribution in [1.29, 1.82) is 5.26 Å². The molecule has 15 heteroatoms. The number of sulfonamides is 1. The van der Waals surface area contributed by atoms with E-state index in [1.54, 1.807) is 17.0 Å². The number of piperazine rings is 1. The lowest BCUT2D eigenvalue weighted by atomic mass is 9.79. The molecule has 3 aliphatic heterocycles. The van der Waals surface area contributed by atoms with Gasteiger partial charge in [0.25, 0.3) is 15.9 Å². The maximum absolute atomic E-state index is 15.7. The number of aliphatic hydroxyl groups is 2. The molecule has 0 radical (unpaired) electrons. The highest BCUT2D eigenvalue weighted by Gasteiger charge is 2.63. The first-order chi connectivity index (χ1) is 25.1. The fourth-order valence-electron chi connectivity index (χ4n) is 7.75. The molecule has 3 atom stereocenters. The summed E-state index contributed by atoms with van der Waals surface area (Å²) in [7, 11) is -1.60. The number of oxazole rings is 1. The van der Waals surface area contributed by atoms with Crippen molar-refractivity contribution in [3.05, 3.63) is 101 Å². The normalized spacial score (nSPS) is 22.8. The maximum Gasteiger partial charge on any atom is 0.271 e. The fraction of sp³-hybridized carbons (Fsp3) is 0.378. The van der Waals surface area contributed by atoms with Crippen LogP contribution in [0.1, 0.15) is 40.6 Å². The van der Waals surface area contributed by atoms with Gasteiger partial charge in [0.1, 0.15) is 17.8 Å². The molecule has 3 aliphatic rings. The lowest BCUT2D eigenvalue weighted by molar-refractivity contribution is -0.127. The molecule has 0 bridgehead atoms. The molecule has 2 saturated heterocycles. The molecule has 272 valence electrons. The van der Waals surface area contributed by atoms with E-state index in [-0.39, 0.29) is 47.2 Å². The average molecular weight is 729 g/mol. The summed E-state index contributed by atoms with van der Waals surface area (Å²) in [4.78, 5) is 26.2. The molecule has 4 aromatic rings. The van der Waals surface area contributed by atoms with Crippen molar-refractivity contribution < 1.29 is 37.3 Å². The van der Waals surface area contributed by atoms with Gasteiger partial charge in [0.05, 0.1) is 61.4 Å². The molecule has 1 aromatic heterocycles. The minimum Gasteiger partial charge on any atom is -0.497 e. The third kappa shape index (κ3) is 6.01. The number of β-amino-alcohol motifs (C(OH)–C–C–N with tert-alkyl or cyclic N) is 2. The Morgan fingerprint density at radius 2 is 1.75 bits per heavy atom. The van der Waals surface area contributed by atoms with Crippen LogP contribution in [0.4, 0.5) is 5.69 Å². The minimum absolute atomic E-state index is 0.0500. The van der Waals surface area contributed by atoms with Crippen molar-refractivity contribution in [2.24, 2.45) is 0 Å². The largest absolute Gasteiger partial charge is 0.497 e. The topological polar surface area (TPSA) is 173 Å². The van der Waals surface area contributed by atoms with Gasteiger partial charge in [0, 0.05) is 56.9 Å². The van der Waals surface area contributed by atoms with Gasteiger partial charge in [-0.1, -0.05) is 6.07 Å². The quantitative estimate of drug-likeness (QED) is 0.231. The zero-order chi connectivity index (χ0) is 36.6. The monoisotopic (exact) mass is 728 g/mol. The van der Waals surface area contributed by atoms with Gasteiger partial charge in [-0.05, 0) is 66.6 Å². The minimum atomic E-state index is -4.56. The molecular formula is C37H40N6O8S. The number of nitrogens with zero attached hydrogens (tertiary/aromatic N) is 6. The number of amides is 1. The smallest absolute Gasteiger partial charge is 0.271 e. The number of ether oxygens (including phenoxy) is 2. The number of rotatable bonds is 11. The molecule has 3 aromatic carbocycles. The Balaban J connectivity index is 1.45. The number of nitriles is 1. The van der Waals surface area contributed by atoms with Crippen molar-refractivity contribution in [3.8, 4) is 17.6 Å². The van der Waals surface area contributed by atoms with Crippen molar-refractivity contribution in [3.63, 3.8) is 0 Å². The Morgan fingerprint density at radius 1 is 1.00 bits per heavy atom. The van der Waals surface area contributed by atoms with Gasteiger partial charge >= 0.3 is 0 Å². The van der Waals surface area contributed by atoms with Crippen molar-refractivity contribution in [1.82, 2.24) is 19.7 Å². The van der Waals surface area contributed by atoms with E-state index in [4.69, 9.17) is 13.9 Å². The third-order valence-electron chi connectivity index (χ3n) is 10.2. The Morgan fingerprint density at radius 3 is 2.40 bits per heavy atom. The van der Waals surface area contributed by atoms with Crippen LogP contribution in [0.15, 0.2) is 82.4 Å². The van der Waals surface area contributed by atoms with Gasteiger partial charge in [-0.3, -0.25) is 19.5 Å². The number of hydrogen-bond donors (Lipinski definition) is 2. The summed E-state index contributed by atoms with van der Waals surface area (Å²) >= 11 is 0. The summed E-state index contributed by atoms with van der Waals surface area (Å²) in [5.41, 5.74) is -0.208. The predicted octanol–water partition coefficient (Wildman–Crippen LogP) is 2.46. The summed E-state index contributed by atoms with van der Waals surface area (Å²) in [6, 6.07) is 17.2.